The normalized spacial score (nSPS) is 19.0. The first-order valence-corrected chi connectivity index (χ1v) is 14.2. The van der Waals surface area contributed by atoms with Gasteiger partial charge in [-0.15, -0.1) is 0 Å². The van der Waals surface area contributed by atoms with Crippen molar-refractivity contribution < 1.29 is 14.0 Å². The van der Waals surface area contributed by atoms with Gasteiger partial charge in [0.1, 0.15) is 5.75 Å². The first kappa shape index (κ1) is 28.6. The number of nitrogens with two attached hydrogens (primary N) is 2. The molecule has 0 radical (unpaired) electrons. The van der Waals surface area contributed by atoms with E-state index >= 15 is 0 Å². The van der Waals surface area contributed by atoms with E-state index in [4.69, 9.17) is 27.8 Å². The third-order valence-electron chi connectivity index (χ3n) is 7.70. The van der Waals surface area contributed by atoms with E-state index in [1.165, 1.54) is 11.1 Å². The first-order valence-electron chi connectivity index (χ1n) is 13.8. The zero-order chi connectivity index (χ0) is 27.7. The molecule has 4 rings (SSSR count). The molecule has 2 heterocycles. The molecule has 1 aliphatic heterocycles. The van der Waals surface area contributed by atoms with Crippen LogP contribution in [-0.4, -0.2) is 59.7 Å². The Morgan fingerprint density at radius 2 is 1.67 bits per heavy atom. The van der Waals surface area contributed by atoms with Crippen molar-refractivity contribution in [3.8, 4) is 5.75 Å². The summed E-state index contributed by atoms with van der Waals surface area (Å²) < 4.78 is 6.30. The fourth-order valence-corrected chi connectivity index (χ4v) is 5.78. The van der Waals surface area contributed by atoms with Gasteiger partial charge in [0.15, 0.2) is 22.5 Å². The standard InChI is InChI=1S/C30H39ClN6O2/c1-39-25-16-14-23(15-17-25)12-7-19-37(18-6-5-11-22-9-3-2-4-10-22)20-8-13-24(21-37)34-30(38)26-28(32)36-29(33)27(31)35-26/h2-4,9-10,14-17,24H,5-8,11-13,18-21H2,1H3,(H4-,32,33,34,36,38)/p+1. The molecule has 8 nitrogen and oxygen atoms in total. The summed E-state index contributed by atoms with van der Waals surface area (Å²) in [6, 6.07) is 19.0. The Labute approximate surface area is 236 Å². The Balaban J connectivity index is 1.40. The van der Waals surface area contributed by atoms with Crippen LogP contribution in [0.4, 0.5) is 11.6 Å². The SMILES string of the molecule is COc1ccc(CCC[N+]2(CCCCc3ccccc3)CCCC(NC(=O)c3nc(Cl)c(N)nc3N)C2)cc1. The molecule has 5 N–H and O–H groups in total. The smallest absolute Gasteiger partial charge is 0.274 e. The number of hydrogen-bond donors (Lipinski definition) is 3. The molecule has 208 valence electrons. The Morgan fingerprint density at radius 1 is 0.974 bits per heavy atom. The van der Waals surface area contributed by atoms with Crippen LogP contribution >= 0.6 is 11.6 Å². The number of hydrogen-bond acceptors (Lipinski definition) is 6. The monoisotopic (exact) mass is 551 g/mol. The number of ether oxygens (including phenoxy) is 1. The maximum Gasteiger partial charge on any atom is 0.274 e. The maximum absolute atomic E-state index is 13.1. The average molecular weight is 552 g/mol. The minimum absolute atomic E-state index is 0.00799. The van der Waals surface area contributed by atoms with Crippen LogP contribution in [0.15, 0.2) is 54.6 Å². The van der Waals surface area contributed by atoms with Crippen molar-refractivity contribution in [3.05, 3.63) is 76.6 Å². The van der Waals surface area contributed by atoms with Crippen LogP contribution < -0.4 is 21.5 Å². The summed E-state index contributed by atoms with van der Waals surface area (Å²) in [5.74, 6) is 0.537. The van der Waals surface area contributed by atoms with Gasteiger partial charge in [0.25, 0.3) is 5.91 Å². The van der Waals surface area contributed by atoms with E-state index in [1.54, 1.807) is 7.11 Å². The Bertz CT molecular complexity index is 1220. The van der Waals surface area contributed by atoms with Crippen LogP contribution in [0, 0.1) is 0 Å². The number of aryl methyl sites for hydroxylation is 2. The van der Waals surface area contributed by atoms with Crippen LogP contribution in [0.2, 0.25) is 5.15 Å². The number of nitrogens with zero attached hydrogens (tertiary/aromatic N) is 3. The van der Waals surface area contributed by atoms with E-state index in [1.807, 2.05) is 12.1 Å². The van der Waals surface area contributed by atoms with E-state index in [9.17, 15) is 4.79 Å². The first-order chi connectivity index (χ1) is 18.9. The molecule has 2 atom stereocenters. The zero-order valence-electron chi connectivity index (χ0n) is 22.7. The van der Waals surface area contributed by atoms with Crippen molar-refractivity contribution in [2.45, 2.75) is 51.0 Å². The summed E-state index contributed by atoms with van der Waals surface area (Å²) in [6.07, 6.45) is 7.45. The van der Waals surface area contributed by atoms with Crippen molar-refractivity contribution in [2.75, 3.05) is 44.8 Å². The number of quaternary nitrogens is 1. The third-order valence-corrected chi connectivity index (χ3v) is 7.97. The lowest BCUT2D eigenvalue weighted by atomic mass is 9.99. The second kappa shape index (κ2) is 13.6. The van der Waals surface area contributed by atoms with Crippen LogP contribution in [0.25, 0.3) is 0 Å². The van der Waals surface area contributed by atoms with Crippen molar-refractivity contribution in [3.63, 3.8) is 0 Å². The van der Waals surface area contributed by atoms with Gasteiger partial charge >= 0.3 is 0 Å². The molecule has 3 aromatic rings. The Hall–Kier alpha value is -3.36. The lowest BCUT2D eigenvalue weighted by Gasteiger charge is -2.45. The highest BCUT2D eigenvalue weighted by Crippen LogP contribution is 2.24. The number of carbonyl (C=O) groups excluding carboxylic acids is 1. The highest BCUT2D eigenvalue weighted by Gasteiger charge is 2.35. The molecule has 0 spiro atoms. The van der Waals surface area contributed by atoms with Crippen molar-refractivity contribution in [2.24, 2.45) is 0 Å². The zero-order valence-corrected chi connectivity index (χ0v) is 23.5. The summed E-state index contributed by atoms with van der Waals surface area (Å²) in [5.41, 5.74) is 14.3. The molecule has 0 bridgehead atoms. The number of halogens is 1. The molecule has 0 saturated carbocycles. The van der Waals surface area contributed by atoms with E-state index in [-0.39, 0.29) is 34.4 Å². The predicted molar refractivity (Wildman–Crippen MR) is 157 cm³/mol. The number of nitrogen functional groups attached to an aromatic ring is 2. The maximum atomic E-state index is 13.1. The highest BCUT2D eigenvalue weighted by atomic mass is 35.5. The number of methoxy groups -OCH3 is 1. The van der Waals surface area contributed by atoms with E-state index in [2.05, 4.69) is 57.7 Å². The van der Waals surface area contributed by atoms with Gasteiger partial charge in [-0.2, -0.15) is 0 Å². The molecule has 1 aliphatic rings. The summed E-state index contributed by atoms with van der Waals surface area (Å²) >= 11 is 6.01. The van der Waals surface area contributed by atoms with E-state index < -0.39 is 0 Å². The number of likely N-dealkylation sites (tertiary alicyclic amines) is 1. The second-order valence-electron chi connectivity index (χ2n) is 10.5. The predicted octanol–water partition coefficient (Wildman–Crippen LogP) is 4.67. The van der Waals surface area contributed by atoms with Crippen molar-refractivity contribution >= 4 is 29.1 Å². The Kier molecular flexibility index (Phi) is 10.0. The molecule has 9 heteroatoms. The lowest BCUT2D eigenvalue weighted by molar-refractivity contribution is -0.933. The molecular formula is C30H40ClN6O2+. The van der Waals surface area contributed by atoms with Crippen LogP contribution in [0.1, 0.15) is 53.7 Å². The topological polar surface area (TPSA) is 116 Å². The molecule has 2 aromatic carbocycles. The van der Waals surface area contributed by atoms with Gasteiger partial charge in [0, 0.05) is 6.42 Å². The third kappa shape index (κ3) is 8.07. The highest BCUT2D eigenvalue weighted by molar-refractivity contribution is 6.31. The van der Waals surface area contributed by atoms with Gasteiger partial charge < -0.3 is 26.0 Å². The average Bonchev–Trinajstić information content (AvgIpc) is 2.94. The number of unbranched alkanes of at least 4 members (excludes halogenated alkanes) is 1. The summed E-state index contributed by atoms with van der Waals surface area (Å²) in [5, 5.41) is 3.15. The summed E-state index contributed by atoms with van der Waals surface area (Å²) in [7, 11) is 1.69. The van der Waals surface area contributed by atoms with Gasteiger partial charge in [-0.1, -0.05) is 54.1 Å². The molecule has 1 fully saturated rings. The molecule has 0 aliphatic carbocycles. The lowest BCUT2D eigenvalue weighted by Crippen LogP contribution is -2.60. The van der Waals surface area contributed by atoms with Crippen LogP contribution in [0.5, 0.6) is 5.75 Å². The largest absolute Gasteiger partial charge is 0.497 e. The van der Waals surface area contributed by atoms with Gasteiger partial charge in [0.2, 0.25) is 0 Å². The quantitative estimate of drug-likeness (QED) is 0.222. The molecule has 39 heavy (non-hydrogen) atoms. The van der Waals surface area contributed by atoms with E-state index in [0.29, 0.717) is 0 Å². The molecule has 1 amide bonds. The van der Waals surface area contributed by atoms with Crippen molar-refractivity contribution in [1.29, 1.82) is 0 Å². The van der Waals surface area contributed by atoms with Gasteiger partial charge in [-0.3, -0.25) is 4.79 Å². The van der Waals surface area contributed by atoms with Gasteiger partial charge in [-0.05, 0) is 61.8 Å². The van der Waals surface area contributed by atoms with Crippen LogP contribution in [0.3, 0.4) is 0 Å². The van der Waals surface area contributed by atoms with Crippen LogP contribution in [-0.2, 0) is 12.8 Å². The number of amides is 1. The minimum Gasteiger partial charge on any atom is -0.497 e. The molecular weight excluding hydrogens is 512 g/mol. The number of nitrogens with one attached hydrogen (secondary N) is 1. The fourth-order valence-electron chi connectivity index (χ4n) is 5.65. The Morgan fingerprint density at radius 3 is 2.41 bits per heavy atom. The second-order valence-corrected chi connectivity index (χ2v) is 10.9. The number of piperidine rings is 1. The number of benzene rings is 2. The molecule has 1 saturated heterocycles. The molecule has 1 aromatic heterocycles. The number of rotatable bonds is 12. The van der Waals surface area contributed by atoms with Gasteiger partial charge in [-0.25, -0.2) is 9.97 Å². The molecule has 2 unspecified atom stereocenters. The number of carbonyl (C=O) groups is 1. The minimum atomic E-state index is -0.353. The van der Waals surface area contributed by atoms with Gasteiger partial charge in [0.05, 0.1) is 39.3 Å². The van der Waals surface area contributed by atoms with Crippen molar-refractivity contribution in [1.82, 2.24) is 15.3 Å². The summed E-state index contributed by atoms with van der Waals surface area (Å²) in [4.78, 5) is 21.1. The summed E-state index contributed by atoms with van der Waals surface area (Å²) in [6.45, 7) is 4.17. The number of aromatic nitrogens is 2. The number of anilines is 2. The van der Waals surface area contributed by atoms with E-state index in [0.717, 1.165) is 81.4 Å². The fraction of sp³-hybridized carbons (Fsp3) is 0.433.